The van der Waals surface area contributed by atoms with Crippen LogP contribution in [0, 0.1) is 5.82 Å². The number of amides is 1. The maximum atomic E-state index is 13.1. The van der Waals surface area contributed by atoms with Crippen LogP contribution in [0.25, 0.3) is 0 Å². The fraction of sp³-hybridized carbons (Fsp3) is 0.235. The van der Waals surface area contributed by atoms with Crippen LogP contribution in [-0.2, 0) is 17.6 Å². The first-order chi connectivity index (χ1) is 9.74. The smallest absolute Gasteiger partial charge is 0.227 e. The molecule has 0 aliphatic carbocycles. The summed E-state index contributed by atoms with van der Waals surface area (Å²) in [6.45, 7) is 0.751. The number of fused-ring (bicyclic) bond motifs is 1. The van der Waals surface area contributed by atoms with Crippen molar-refractivity contribution in [3.8, 4) is 0 Å². The number of carbonyl (C=O) groups is 1. The third kappa shape index (κ3) is 2.57. The fourth-order valence-electron chi connectivity index (χ4n) is 2.68. The summed E-state index contributed by atoms with van der Waals surface area (Å²) in [5.41, 5.74) is 3.12. The molecule has 0 spiro atoms. The molecule has 20 heavy (non-hydrogen) atoms. The van der Waals surface area contributed by atoms with Crippen LogP contribution in [0.1, 0.15) is 17.5 Å². The van der Waals surface area contributed by atoms with Crippen LogP contribution in [0.4, 0.5) is 10.1 Å². The van der Waals surface area contributed by atoms with Gasteiger partial charge in [0, 0.05) is 18.7 Å². The average molecular weight is 269 g/mol. The Morgan fingerprint density at radius 2 is 2.00 bits per heavy atom. The van der Waals surface area contributed by atoms with Crippen LogP contribution in [0.2, 0.25) is 0 Å². The van der Waals surface area contributed by atoms with Gasteiger partial charge in [-0.3, -0.25) is 4.79 Å². The van der Waals surface area contributed by atoms with E-state index in [0.29, 0.717) is 12.8 Å². The van der Waals surface area contributed by atoms with Crippen molar-refractivity contribution in [2.24, 2.45) is 0 Å². The second-order valence-corrected chi connectivity index (χ2v) is 5.05. The molecule has 0 saturated heterocycles. The van der Waals surface area contributed by atoms with Crippen LogP contribution >= 0.6 is 0 Å². The lowest BCUT2D eigenvalue weighted by Gasteiger charge is -2.17. The first-order valence-corrected chi connectivity index (χ1v) is 6.87. The van der Waals surface area contributed by atoms with Crippen molar-refractivity contribution in [3.05, 3.63) is 65.5 Å². The lowest BCUT2D eigenvalue weighted by molar-refractivity contribution is -0.118. The molecular weight excluding hydrogens is 253 g/mol. The van der Waals surface area contributed by atoms with Crippen LogP contribution in [0.5, 0.6) is 0 Å². The van der Waals surface area contributed by atoms with Crippen molar-refractivity contribution in [2.45, 2.75) is 19.3 Å². The van der Waals surface area contributed by atoms with Gasteiger partial charge in [0.2, 0.25) is 5.91 Å². The molecule has 0 unspecified atom stereocenters. The first-order valence-electron chi connectivity index (χ1n) is 6.87. The molecule has 102 valence electrons. The SMILES string of the molecule is O=C(CCc1cccc(F)c1)N1CCc2ccccc21. The maximum Gasteiger partial charge on any atom is 0.227 e. The minimum absolute atomic E-state index is 0.110. The van der Waals surface area contributed by atoms with E-state index in [4.69, 9.17) is 0 Å². The summed E-state index contributed by atoms with van der Waals surface area (Å²) >= 11 is 0. The van der Waals surface area contributed by atoms with Crippen molar-refractivity contribution in [2.75, 3.05) is 11.4 Å². The molecule has 0 atom stereocenters. The standard InChI is InChI=1S/C17H16FNO/c18-15-6-3-4-13(12-15)8-9-17(20)19-11-10-14-5-1-2-7-16(14)19/h1-7,12H,8-11H2. The van der Waals surface area contributed by atoms with Gasteiger partial charge < -0.3 is 4.90 Å². The van der Waals surface area contributed by atoms with Gasteiger partial charge in [0.15, 0.2) is 0 Å². The largest absolute Gasteiger partial charge is 0.312 e. The third-order valence-electron chi connectivity index (χ3n) is 3.70. The summed E-state index contributed by atoms with van der Waals surface area (Å²) in [5, 5.41) is 0. The zero-order valence-electron chi connectivity index (χ0n) is 11.2. The van der Waals surface area contributed by atoms with E-state index in [0.717, 1.165) is 24.2 Å². The van der Waals surface area contributed by atoms with E-state index in [1.165, 1.54) is 17.7 Å². The van der Waals surface area contributed by atoms with Gasteiger partial charge in [-0.05, 0) is 42.2 Å². The second kappa shape index (κ2) is 5.45. The molecule has 1 heterocycles. The van der Waals surface area contributed by atoms with E-state index in [2.05, 4.69) is 6.07 Å². The topological polar surface area (TPSA) is 20.3 Å². The van der Waals surface area contributed by atoms with E-state index in [9.17, 15) is 9.18 Å². The molecule has 0 bridgehead atoms. The second-order valence-electron chi connectivity index (χ2n) is 5.05. The highest BCUT2D eigenvalue weighted by molar-refractivity contribution is 5.95. The van der Waals surface area contributed by atoms with Gasteiger partial charge in [-0.25, -0.2) is 4.39 Å². The molecule has 3 heteroatoms. The van der Waals surface area contributed by atoms with Gasteiger partial charge in [0.25, 0.3) is 0 Å². The highest BCUT2D eigenvalue weighted by Crippen LogP contribution is 2.28. The predicted octanol–water partition coefficient (Wildman–Crippen LogP) is 3.35. The lowest BCUT2D eigenvalue weighted by atomic mass is 10.1. The highest BCUT2D eigenvalue weighted by Gasteiger charge is 2.23. The minimum Gasteiger partial charge on any atom is -0.312 e. The lowest BCUT2D eigenvalue weighted by Crippen LogP contribution is -2.29. The summed E-state index contributed by atoms with van der Waals surface area (Å²) in [6.07, 6.45) is 1.91. The molecule has 1 amide bonds. The van der Waals surface area contributed by atoms with Crippen molar-refractivity contribution in [3.63, 3.8) is 0 Å². The number of nitrogens with zero attached hydrogens (tertiary/aromatic N) is 1. The molecule has 0 saturated carbocycles. The number of para-hydroxylation sites is 1. The van der Waals surface area contributed by atoms with Crippen LogP contribution in [0.3, 0.4) is 0 Å². The van der Waals surface area contributed by atoms with Crippen LogP contribution in [-0.4, -0.2) is 12.5 Å². The number of anilines is 1. The molecule has 0 N–H and O–H groups in total. The Bertz CT molecular complexity index is 638. The van der Waals surface area contributed by atoms with E-state index >= 15 is 0 Å². The number of halogens is 1. The molecule has 0 fully saturated rings. The molecule has 2 aromatic rings. The van der Waals surface area contributed by atoms with E-state index in [1.54, 1.807) is 6.07 Å². The monoisotopic (exact) mass is 269 g/mol. The minimum atomic E-state index is -0.249. The van der Waals surface area contributed by atoms with Gasteiger partial charge in [-0.15, -0.1) is 0 Å². The summed E-state index contributed by atoms with van der Waals surface area (Å²) in [6, 6.07) is 14.5. The Hall–Kier alpha value is -2.16. The summed E-state index contributed by atoms with van der Waals surface area (Å²) in [7, 11) is 0. The van der Waals surface area contributed by atoms with Crippen molar-refractivity contribution in [1.82, 2.24) is 0 Å². The number of benzene rings is 2. The van der Waals surface area contributed by atoms with Crippen LogP contribution < -0.4 is 4.90 Å². The Morgan fingerprint density at radius 1 is 1.15 bits per heavy atom. The Kier molecular flexibility index (Phi) is 3.50. The Balaban J connectivity index is 1.66. The number of hydrogen-bond donors (Lipinski definition) is 0. The van der Waals surface area contributed by atoms with Gasteiger partial charge in [-0.2, -0.15) is 0 Å². The fourth-order valence-corrected chi connectivity index (χ4v) is 2.68. The third-order valence-corrected chi connectivity index (χ3v) is 3.70. The Labute approximate surface area is 117 Å². The van der Waals surface area contributed by atoms with E-state index in [1.807, 2.05) is 29.2 Å². The number of hydrogen-bond acceptors (Lipinski definition) is 1. The quantitative estimate of drug-likeness (QED) is 0.836. The maximum absolute atomic E-state index is 13.1. The van der Waals surface area contributed by atoms with Gasteiger partial charge in [-0.1, -0.05) is 30.3 Å². The average Bonchev–Trinajstić information content (AvgIpc) is 2.89. The molecule has 0 aromatic heterocycles. The molecule has 2 nitrogen and oxygen atoms in total. The van der Waals surface area contributed by atoms with E-state index < -0.39 is 0 Å². The summed E-state index contributed by atoms with van der Waals surface area (Å²) in [5.74, 6) is -0.138. The van der Waals surface area contributed by atoms with Crippen molar-refractivity contribution in [1.29, 1.82) is 0 Å². The van der Waals surface area contributed by atoms with Gasteiger partial charge >= 0.3 is 0 Å². The number of aryl methyl sites for hydroxylation is 1. The van der Waals surface area contributed by atoms with Gasteiger partial charge in [0.05, 0.1) is 0 Å². The highest BCUT2D eigenvalue weighted by atomic mass is 19.1. The number of rotatable bonds is 3. The first kappa shape index (κ1) is 12.9. The Morgan fingerprint density at radius 3 is 2.85 bits per heavy atom. The number of carbonyl (C=O) groups excluding carboxylic acids is 1. The molecule has 3 rings (SSSR count). The van der Waals surface area contributed by atoms with Crippen molar-refractivity contribution >= 4 is 11.6 Å². The molecule has 0 radical (unpaired) electrons. The van der Waals surface area contributed by atoms with Crippen LogP contribution in [0.15, 0.2) is 48.5 Å². The van der Waals surface area contributed by atoms with E-state index in [-0.39, 0.29) is 11.7 Å². The summed E-state index contributed by atoms with van der Waals surface area (Å²) in [4.78, 5) is 14.1. The summed E-state index contributed by atoms with van der Waals surface area (Å²) < 4.78 is 13.1. The van der Waals surface area contributed by atoms with Crippen molar-refractivity contribution < 1.29 is 9.18 Å². The normalized spacial score (nSPS) is 13.3. The molecule has 2 aromatic carbocycles. The molecule has 1 aliphatic rings. The zero-order valence-corrected chi connectivity index (χ0v) is 11.2. The molecule has 1 aliphatic heterocycles. The molecular formula is C17H16FNO. The predicted molar refractivity (Wildman–Crippen MR) is 77.2 cm³/mol. The van der Waals surface area contributed by atoms with Gasteiger partial charge in [0.1, 0.15) is 5.82 Å². The zero-order chi connectivity index (χ0) is 13.9.